The summed E-state index contributed by atoms with van der Waals surface area (Å²) in [5.41, 5.74) is 0. The van der Waals surface area contributed by atoms with E-state index in [4.69, 9.17) is 0 Å². The molecule has 0 aromatic rings. The van der Waals surface area contributed by atoms with Crippen molar-refractivity contribution in [2.24, 2.45) is 11.8 Å². The lowest BCUT2D eigenvalue weighted by Crippen LogP contribution is -2.35. The van der Waals surface area contributed by atoms with Gasteiger partial charge >= 0.3 is 0 Å². The first-order valence-electron chi connectivity index (χ1n) is 5.44. The highest BCUT2D eigenvalue weighted by atomic mass is 32.2. The van der Waals surface area contributed by atoms with E-state index in [1.807, 2.05) is 11.8 Å². The van der Waals surface area contributed by atoms with Gasteiger partial charge in [0.05, 0.1) is 0 Å². The van der Waals surface area contributed by atoms with Crippen LogP contribution in [-0.2, 0) is 9.59 Å². The molecule has 2 unspecified atom stereocenters. The van der Waals surface area contributed by atoms with E-state index in [1.54, 1.807) is 0 Å². The van der Waals surface area contributed by atoms with E-state index in [9.17, 15) is 9.59 Å². The van der Waals surface area contributed by atoms with E-state index in [1.165, 1.54) is 12.2 Å². The van der Waals surface area contributed by atoms with Gasteiger partial charge in [-0.25, -0.2) is 0 Å². The molecule has 2 aliphatic rings. The Kier molecular flexibility index (Phi) is 3.26. The van der Waals surface area contributed by atoms with Crippen LogP contribution in [0.3, 0.4) is 0 Å². The highest BCUT2D eigenvalue weighted by molar-refractivity contribution is 7.99. The van der Waals surface area contributed by atoms with Crippen molar-refractivity contribution in [3.05, 3.63) is 0 Å². The van der Waals surface area contributed by atoms with Crippen molar-refractivity contribution in [2.45, 2.75) is 32.1 Å². The number of rotatable bonds is 1. The van der Waals surface area contributed by atoms with Gasteiger partial charge in [0.25, 0.3) is 0 Å². The van der Waals surface area contributed by atoms with Crippen molar-refractivity contribution >= 4 is 23.3 Å². The lowest BCUT2D eigenvalue weighted by Gasteiger charge is -2.30. The normalized spacial score (nSPS) is 34.6. The summed E-state index contributed by atoms with van der Waals surface area (Å²) in [4.78, 5) is 23.0. The summed E-state index contributed by atoms with van der Waals surface area (Å²) in [6, 6.07) is 0. The molecule has 0 aromatic carbocycles. The second-order valence-corrected chi connectivity index (χ2v) is 5.41. The van der Waals surface area contributed by atoms with Gasteiger partial charge in [0.1, 0.15) is 0 Å². The van der Waals surface area contributed by atoms with Crippen LogP contribution in [0.5, 0.6) is 0 Å². The molecule has 2 fully saturated rings. The lowest BCUT2D eigenvalue weighted by molar-refractivity contribution is -0.142. The number of thioether (sulfide) groups is 1. The summed E-state index contributed by atoms with van der Waals surface area (Å²) >= 11 is 1.94. The minimum Gasteiger partial charge on any atom is -0.291 e. The number of ketones is 2. The maximum Gasteiger partial charge on any atom is 0.201 e. The quantitative estimate of drug-likeness (QED) is 0.624. The Balaban J connectivity index is 2.00. The zero-order valence-electron chi connectivity index (χ0n) is 8.33. The molecule has 0 amide bonds. The molecule has 2 atom stereocenters. The van der Waals surface area contributed by atoms with Crippen LogP contribution < -0.4 is 0 Å². The van der Waals surface area contributed by atoms with Gasteiger partial charge in [-0.1, -0.05) is 0 Å². The summed E-state index contributed by atoms with van der Waals surface area (Å²) in [6.45, 7) is 0. The third kappa shape index (κ3) is 2.02. The van der Waals surface area contributed by atoms with E-state index < -0.39 is 0 Å². The van der Waals surface area contributed by atoms with Crippen LogP contribution in [0.15, 0.2) is 0 Å². The van der Waals surface area contributed by atoms with Crippen molar-refractivity contribution < 1.29 is 9.59 Å². The average Bonchev–Trinajstić information content (AvgIpc) is 2.23. The second-order valence-electron chi connectivity index (χ2n) is 4.26. The Labute approximate surface area is 88.8 Å². The van der Waals surface area contributed by atoms with E-state index in [0.717, 1.165) is 25.0 Å². The van der Waals surface area contributed by atoms with Crippen LogP contribution in [0, 0.1) is 11.8 Å². The summed E-state index contributed by atoms with van der Waals surface area (Å²) in [7, 11) is 0. The first-order chi connectivity index (χ1) is 6.79. The Morgan fingerprint density at radius 3 is 2.71 bits per heavy atom. The third-order valence-corrected chi connectivity index (χ3v) is 4.54. The minimum absolute atomic E-state index is 0.0660. The fraction of sp³-hybridized carbons (Fsp3) is 0.818. The van der Waals surface area contributed by atoms with Gasteiger partial charge in [0.15, 0.2) is 5.78 Å². The topological polar surface area (TPSA) is 34.1 Å². The molecule has 1 saturated heterocycles. The molecule has 0 bridgehead atoms. The first-order valence-corrected chi connectivity index (χ1v) is 6.59. The Morgan fingerprint density at radius 2 is 2.00 bits per heavy atom. The predicted molar refractivity (Wildman–Crippen MR) is 57.4 cm³/mol. The molecule has 1 saturated carbocycles. The lowest BCUT2D eigenvalue weighted by atomic mass is 9.77. The standard InChI is InChI=1S/C11H16O2S/c12-10-5-1-4-9(11(10)13)8-3-2-6-14-7-8/h8-9H,1-7H2. The van der Waals surface area contributed by atoms with Crippen molar-refractivity contribution in [3.8, 4) is 0 Å². The highest BCUT2D eigenvalue weighted by Crippen LogP contribution is 2.34. The number of hydrogen-bond donors (Lipinski definition) is 0. The summed E-state index contributed by atoms with van der Waals surface area (Å²) in [5.74, 6) is 2.70. The van der Waals surface area contributed by atoms with Crippen LogP contribution in [0.2, 0.25) is 0 Å². The molecule has 14 heavy (non-hydrogen) atoms. The molecule has 0 aromatic heterocycles. The largest absolute Gasteiger partial charge is 0.291 e. The molecule has 0 N–H and O–H groups in total. The van der Waals surface area contributed by atoms with Crippen molar-refractivity contribution in [1.29, 1.82) is 0 Å². The van der Waals surface area contributed by atoms with Crippen molar-refractivity contribution in [3.63, 3.8) is 0 Å². The fourth-order valence-corrected chi connectivity index (χ4v) is 3.72. The molecule has 78 valence electrons. The van der Waals surface area contributed by atoms with Gasteiger partial charge in [0, 0.05) is 12.3 Å². The number of hydrogen-bond acceptors (Lipinski definition) is 3. The highest BCUT2D eigenvalue weighted by Gasteiger charge is 2.35. The van der Waals surface area contributed by atoms with E-state index in [2.05, 4.69) is 0 Å². The van der Waals surface area contributed by atoms with Crippen molar-refractivity contribution in [2.75, 3.05) is 11.5 Å². The first kappa shape index (κ1) is 10.2. The number of carbonyl (C=O) groups is 2. The van der Waals surface area contributed by atoms with Gasteiger partial charge in [-0.05, 0) is 43.1 Å². The fourth-order valence-electron chi connectivity index (χ4n) is 2.48. The van der Waals surface area contributed by atoms with Gasteiger partial charge in [-0.15, -0.1) is 0 Å². The molecular weight excluding hydrogens is 196 g/mol. The van der Waals surface area contributed by atoms with Crippen LogP contribution in [0.4, 0.5) is 0 Å². The zero-order chi connectivity index (χ0) is 9.97. The number of carbonyl (C=O) groups excluding carboxylic acids is 2. The summed E-state index contributed by atoms with van der Waals surface area (Å²) < 4.78 is 0. The average molecular weight is 212 g/mol. The van der Waals surface area contributed by atoms with Gasteiger partial charge in [-0.2, -0.15) is 11.8 Å². The molecular formula is C11H16O2S. The van der Waals surface area contributed by atoms with E-state index in [0.29, 0.717) is 12.3 Å². The van der Waals surface area contributed by atoms with Crippen molar-refractivity contribution in [1.82, 2.24) is 0 Å². The predicted octanol–water partition coefficient (Wildman–Crippen LogP) is 2.07. The minimum atomic E-state index is -0.114. The molecule has 2 rings (SSSR count). The van der Waals surface area contributed by atoms with E-state index >= 15 is 0 Å². The maximum atomic E-state index is 11.7. The molecule has 1 heterocycles. The molecule has 0 radical (unpaired) electrons. The Morgan fingerprint density at radius 1 is 1.14 bits per heavy atom. The Bertz CT molecular complexity index is 244. The molecule has 1 aliphatic carbocycles. The molecule has 0 spiro atoms. The second kappa shape index (κ2) is 4.47. The maximum absolute atomic E-state index is 11.7. The van der Waals surface area contributed by atoms with Crippen LogP contribution in [0.1, 0.15) is 32.1 Å². The SMILES string of the molecule is O=C1CCCC(C2CCCSC2)C1=O. The van der Waals surface area contributed by atoms with Gasteiger partial charge in [0.2, 0.25) is 5.78 Å². The summed E-state index contributed by atoms with van der Waals surface area (Å²) in [6.07, 6.45) is 4.74. The smallest absolute Gasteiger partial charge is 0.201 e. The van der Waals surface area contributed by atoms with E-state index in [-0.39, 0.29) is 17.5 Å². The van der Waals surface area contributed by atoms with Crippen LogP contribution in [-0.4, -0.2) is 23.1 Å². The van der Waals surface area contributed by atoms with Gasteiger partial charge in [-0.3, -0.25) is 9.59 Å². The number of Topliss-reactive ketones (excluding diaryl/α,β-unsaturated/α-hetero) is 2. The summed E-state index contributed by atoms with van der Waals surface area (Å²) in [5, 5.41) is 0. The monoisotopic (exact) mass is 212 g/mol. The van der Waals surface area contributed by atoms with Crippen LogP contribution >= 0.6 is 11.8 Å². The third-order valence-electron chi connectivity index (χ3n) is 3.30. The molecule has 1 aliphatic heterocycles. The van der Waals surface area contributed by atoms with Gasteiger partial charge < -0.3 is 0 Å². The molecule has 3 heteroatoms. The Hall–Kier alpha value is -0.310. The zero-order valence-corrected chi connectivity index (χ0v) is 9.15. The van der Waals surface area contributed by atoms with Crippen LogP contribution in [0.25, 0.3) is 0 Å². The molecule has 2 nitrogen and oxygen atoms in total.